The van der Waals surface area contributed by atoms with Gasteiger partial charge in [0, 0.05) is 0 Å². The van der Waals surface area contributed by atoms with Gasteiger partial charge in [-0.1, -0.05) is 0 Å². The van der Waals surface area contributed by atoms with Crippen LogP contribution in [0.3, 0.4) is 0 Å². The van der Waals surface area contributed by atoms with E-state index >= 15 is 0 Å². The zero-order valence-electron chi connectivity index (χ0n) is 6.41. The molecule has 0 aromatic carbocycles. The van der Waals surface area contributed by atoms with Gasteiger partial charge in [-0.3, -0.25) is 0 Å². The zero-order valence-corrected chi connectivity index (χ0v) is 9.26. The van der Waals surface area contributed by atoms with Crippen molar-refractivity contribution < 1.29 is 5.94 Å². The van der Waals surface area contributed by atoms with Crippen molar-refractivity contribution in [2.24, 2.45) is 0 Å². The molecule has 0 N–H and O–H groups in total. The van der Waals surface area contributed by atoms with Gasteiger partial charge in [-0.25, -0.2) is 0 Å². The second kappa shape index (κ2) is 4.50. The average Bonchev–Trinajstić information content (AvgIpc) is 1.89. The van der Waals surface area contributed by atoms with Gasteiger partial charge >= 0.3 is 61.6 Å². The van der Waals surface area contributed by atoms with E-state index in [1.54, 1.807) is 0 Å². The summed E-state index contributed by atoms with van der Waals surface area (Å²) in [6, 6.07) is 0. The van der Waals surface area contributed by atoms with Gasteiger partial charge in [0.2, 0.25) is 0 Å². The molecule has 0 spiro atoms. The molecule has 9 heavy (non-hydrogen) atoms. The summed E-state index contributed by atoms with van der Waals surface area (Å²) >= 11 is -3.38. The van der Waals surface area contributed by atoms with Gasteiger partial charge in [0.1, 0.15) is 0 Å². The topological polar surface area (TPSA) is 9.23 Å². The van der Waals surface area contributed by atoms with Crippen LogP contribution in [0.1, 0.15) is 20.8 Å². The van der Waals surface area contributed by atoms with Crippen LogP contribution in [0.4, 0.5) is 2.87 Å². The standard InChI is InChI=1S/C2H5O.2C2H5.FH.Sn/c1-2-3;2*1-2;;/h2H2,1H3;2*1H2,2H3;1H;/q-1;;;;+2/p-1. The number of halogens is 1. The Bertz CT molecular complexity index is 73.5. The van der Waals surface area contributed by atoms with Gasteiger partial charge in [-0.05, 0) is 0 Å². The van der Waals surface area contributed by atoms with Crippen LogP contribution in [0.5, 0.6) is 0 Å². The fourth-order valence-corrected chi connectivity index (χ4v) is 4.78. The minimum atomic E-state index is -3.38. The molecule has 0 radical (unpaired) electrons. The Kier molecular flexibility index (Phi) is 4.84. The molecule has 0 aromatic rings. The molecule has 3 heteroatoms. The zero-order chi connectivity index (χ0) is 7.33. The quantitative estimate of drug-likeness (QED) is 0.687. The Labute approximate surface area is 61.8 Å². The minimum absolute atomic E-state index is 0.550. The maximum atomic E-state index is 13.2. The average molecular weight is 241 g/mol. The first-order chi connectivity index (χ1) is 4.18. The summed E-state index contributed by atoms with van der Waals surface area (Å²) in [5.74, 6) is 0. The summed E-state index contributed by atoms with van der Waals surface area (Å²) in [5, 5.41) is 0. The molecule has 0 saturated carbocycles. The summed E-state index contributed by atoms with van der Waals surface area (Å²) in [6.45, 7) is 6.18. The van der Waals surface area contributed by atoms with Crippen molar-refractivity contribution in [3.8, 4) is 0 Å². The van der Waals surface area contributed by atoms with E-state index in [-0.39, 0.29) is 0 Å². The van der Waals surface area contributed by atoms with Gasteiger partial charge in [0.15, 0.2) is 0 Å². The first-order valence-corrected chi connectivity index (χ1v) is 9.79. The summed E-state index contributed by atoms with van der Waals surface area (Å²) in [7, 11) is 0. The van der Waals surface area contributed by atoms with Crippen LogP contribution < -0.4 is 0 Å². The fourth-order valence-electron chi connectivity index (χ4n) is 0.713. The summed E-state index contributed by atoms with van der Waals surface area (Å²) in [6.07, 6.45) is 0. The summed E-state index contributed by atoms with van der Waals surface area (Å²) in [5.41, 5.74) is 0. The third kappa shape index (κ3) is 3.40. The molecular formula is C6H15FOSn. The second-order valence-corrected chi connectivity index (χ2v) is 11.9. The Morgan fingerprint density at radius 3 is 1.78 bits per heavy atom. The Morgan fingerprint density at radius 2 is 1.67 bits per heavy atom. The van der Waals surface area contributed by atoms with E-state index in [1.807, 2.05) is 20.8 Å². The molecule has 0 atom stereocenters. The molecule has 0 bridgehead atoms. The van der Waals surface area contributed by atoms with Gasteiger partial charge < -0.3 is 0 Å². The molecule has 0 amide bonds. The van der Waals surface area contributed by atoms with Crippen molar-refractivity contribution in [2.75, 3.05) is 6.61 Å². The van der Waals surface area contributed by atoms with E-state index in [0.29, 0.717) is 15.5 Å². The number of rotatable bonds is 4. The monoisotopic (exact) mass is 242 g/mol. The molecule has 0 aliphatic heterocycles. The molecule has 56 valence electrons. The number of hydrogen-bond donors (Lipinski definition) is 0. The van der Waals surface area contributed by atoms with E-state index in [0.717, 1.165) is 0 Å². The third-order valence-electron chi connectivity index (χ3n) is 1.46. The normalized spacial score (nSPS) is 12.0. The Balaban J connectivity index is 3.62. The van der Waals surface area contributed by atoms with E-state index in [2.05, 4.69) is 0 Å². The summed E-state index contributed by atoms with van der Waals surface area (Å²) in [4.78, 5) is 0. The van der Waals surface area contributed by atoms with Crippen molar-refractivity contribution in [2.45, 2.75) is 29.6 Å². The molecule has 0 fully saturated rings. The second-order valence-electron chi connectivity index (χ2n) is 2.02. The molecule has 0 unspecified atom stereocenters. The van der Waals surface area contributed by atoms with Crippen LogP contribution in [0.2, 0.25) is 8.87 Å². The van der Waals surface area contributed by atoms with Crippen LogP contribution in [0, 0.1) is 0 Å². The van der Waals surface area contributed by atoms with Crippen molar-refractivity contribution >= 4 is 19.4 Å². The number of hydrogen-bond acceptors (Lipinski definition) is 1. The van der Waals surface area contributed by atoms with Gasteiger partial charge in [0.05, 0.1) is 0 Å². The molecule has 0 rings (SSSR count). The Morgan fingerprint density at radius 1 is 1.22 bits per heavy atom. The van der Waals surface area contributed by atoms with E-state index in [4.69, 9.17) is 3.07 Å². The van der Waals surface area contributed by atoms with Crippen molar-refractivity contribution in [3.63, 3.8) is 0 Å². The molecule has 0 aromatic heterocycles. The van der Waals surface area contributed by atoms with Crippen LogP contribution >= 0.6 is 0 Å². The van der Waals surface area contributed by atoms with Gasteiger partial charge in [0.25, 0.3) is 0 Å². The van der Waals surface area contributed by atoms with E-state index in [1.165, 1.54) is 0 Å². The van der Waals surface area contributed by atoms with Crippen LogP contribution in [0.15, 0.2) is 0 Å². The first kappa shape index (κ1) is 9.69. The third-order valence-corrected chi connectivity index (χ3v) is 9.79. The van der Waals surface area contributed by atoms with Crippen LogP contribution in [-0.4, -0.2) is 26.0 Å². The molecule has 0 aliphatic rings. The molecule has 0 heterocycles. The summed E-state index contributed by atoms with van der Waals surface area (Å²) < 4.78 is 19.6. The van der Waals surface area contributed by atoms with E-state index in [9.17, 15) is 2.87 Å². The molecular weight excluding hydrogens is 226 g/mol. The SMILES string of the molecule is CC[O][Sn]([F])([CH2]C)[CH2]C. The Hall–Kier alpha value is 0.689. The van der Waals surface area contributed by atoms with Gasteiger partial charge in [-0.15, -0.1) is 0 Å². The van der Waals surface area contributed by atoms with Crippen LogP contribution in [0.25, 0.3) is 0 Å². The van der Waals surface area contributed by atoms with Crippen molar-refractivity contribution in [1.82, 2.24) is 0 Å². The van der Waals surface area contributed by atoms with E-state index < -0.39 is 19.4 Å². The molecule has 0 aliphatic carbocycles. The van der Waals surface area contributed by atoms with Crippen LogP contribution in [-0.2, 0) is 3.07 Å². The first-order valence-electron chi connectivity index (χ1n) is 3.51. The molecule has 1 nitrogen and oxygen atoms in total. The predicted molar refractivity (Wildman–Crippen MR) is 39.5 cm³/mol. The maximum absolute atomic E-state index is 13.2. The molecule has 0 saturated heterocycles. The van der Waals surface area contributed by atoms with Crippen molar-refractivity contribution in [3.05, 3.63) is 0 Å². The van der Waals surface area contributed by atoms with Gasteiger partial charge in [-0.2, -0.15) is 0 Å². The fraction of sp³-hybridized carbons (Fsp3) is 1.00. The van der Waals surface area contributed by atoms with Crippen molar-refractivity contribution in [1.29, 1.82) is 0 Å². The predicted octanol–water partition coefficient (Wildman–Crippen LogP) is 2.47.